The first-order valence-corrected chi connectivity index (χ1v) is 8.86. The number of carbonyl (C=O) groups is 2. The maximum atomic E-state index is 11.6. The summed E-state index contributed by atoms with van der Waals surface area (Å²) >= 11 is 0. The standard InChI is InChI=1S/C19H32O4/c1-3-4-7-13-18(21)14-10-12-17(16(2)20)11-8-5-6-9-15-19(22)23/h17-18,21H,3-9,11-13,15H2,1-2H3,(H,22,23)/t17-,18-/m0/s1. The number of Topliss-reactive ketones (excluding diaryl/α,β-unsaturated/α-hetero) is 1. The van der Waals surface area contributed by atoms with Crippen molar-refractivity contribution in [3.05, 3.63) is 0 Å². The Balaban J connectivity index is 3.94. The summed E-state index contributed by atoms with van der Waals surface area (Å²) in [6.45, 7) is 3.71. The topological polar surface area (TPSA) is 74.6 Å². The molecule has 0 aromatic carbocycles. The Morgan fingerprint density at radius 3 is 2.26 bits per heavy atom. The monoisotopic (exact) mass is 324 g/mol. The van der Waals surface area contributed by atoms with E-state index in [1.807, 2.05) is 0 Å². The van der Waals surface area contributed by atoms with Crippen molar-refractivity contribution in [2.75, 3.05) is 0 Å². The minimum Gasteiger partial charge on any atom is -0.481 e. The Kier molecular flexibility index (Phi) is 13.4. The number of carboxylic acid groups (broad SMARTS) is 1. The number of aliphatic hydroxyl groups is 1. The molecule has 0 rings (SSSR count). The van der Waals surface area contributed by atoms with Crippen molar-refractivity contribution >= 4 is 11.8 Å². The van der Waals surface area contributed by atoms with Crippen molar-refractivity contribution in [3.63, 3.8) is 0 Å². The number of carbonyl (C=O) groups excluding carboxylic acids is 1. The first-order valence-electron chi connectivity index (χ1n) is 8.86. The van der Waals surface area contributed by atoms with Crippen LogP contribution in [0.1, 0.15) is 84.5 Å². The van der Waals surface area contributed by atoms with Crippen LogP contribution in [0.5, 0.6) is 0 Å². The van der Waals surface area contributed by atoms with Crippen molar-refractivity contribution in [2.45, 2.75) is 90.6 Å². The third-order valence-corrected chi connectivity index (χ3v) is 3.97. The fourth-order valence-corrected chi connectivity index (χ4v) is 2.43. The van der Waals surface area contributed by atoms with Gasteiger partial charge in [-0.1, -0.05) is 50.9 Å². The van der Waals surface area contributed by atoms with Gasteiger partial charge in [0.05, 0.1) is 0 Å². The van der Waals surface area contributed by atoms with Crippen molar-refractivity contribution in [3.8, 4) is 11.8 Å². The summed E-state index contributed by atoms with van der Waals surface area (Å²) in [5, 5.41) is 18.3. The van der Waals surface area contributed by atoms with Crippen molar-refractivity contribution in [1.29, 1.82) is 0 Å². The Labute approximate surface area is 140 Å². The average Bonchev–Trinajstić information content (AvgIpc) is 2.48. The van der Waals surface area contributed by atoms with E-state index in [0.29, 0.717) is 19.3 Å². The molecule has 0 unspecified atom stereocenters. The molecule has 0 radical (unpaired) electrons. The molecule has 0 aliphatic carbocycles. The van der Waals surface area contributed by atoms with Crippen LogP contribution in [0.4, 0.5) is 0 Å². The third-order valence-electron chi connectivity index (χ3n) is 3.97. The number of unbranched alkanes of at least 4 members (excludes halogenated alkanes) is 5. The molecule has 0 saturated carbocycles. The molecule has 0 spiro atoms. The Hall–Kier alpha value is -1.34. The van der Waals surface area contributed by atoms with E-state index >= 15 is 0 Å². The van der Waals surface area contributed by atoms with E-state index in [-0.39, 0.29) is 18.1 Å². The molecule has 4 nitrogen and oxygen atoms in total. The van der Waals surface area contributed by atoms with E-state index in [1.54, 1.807) is 6.92 Å². The van der Waals surface area contributed by atoms with Gasteiger partial charge in [0, 0.05) is 18.8 Å². The van der Waals surface area contributed by atoms with Gasteiger partial charge in [-0.3, -0.25) is 9.59 Å². The van der Waals surface area contributed by atoms with E-state index in [0.717, 1.165) is 44.9 Å². The van der Waals surface area contributed by atoms with Crippen LogP contribution in [0, 0.1) is 17.8 Å². The van der Waals surface area contributed by atoms with Crippen LogP contribution in [0.25, 0.3) is 0 Å². The first kappa shape index (κ1) is 21.7. The second-order valence-corrected chi connectivity index (χ2v) is 6.19. The van der Waals surface area contributed by atoms with Gasteiger partial charge in [-0.2, -0.15) is 0 Å². The lowest BCUT2D eigenvalue weighted by atomic mass is 9.94. The van der Waals surface area contributed by atoms with E-state index in [9.17, 15) is 14.7 Å². The van der Waals surface area contributed by atoms with Gasteiger partial charge < -0.3 is 10.2 Å². The van der Waals surface area contributed by atoms with Crippen molar-refractivity contribution in [1.82, 2.24) is 0 Å². The van der Waals surface area contributed by atoms with Crippen LogP contribution in [0.15, 0.2) is 0 Å². The van der Waals surface area contributed by atoms with Crippen molar-refractivity contribution in [2.24, 2.45) is 5.92 Å². The van der Waals surface area contributed by atoms with Crippen LogP contribution >= 0.6 is 0 Å². The van der Waals surface area contributed by atoms with E-state index in [2.05, 4.69) is 18.8 Å². The van der Waals surface area contributed by atoms with E-state index in [4.69, 9.17) is 5.11 Å². The highest BCUT2D eigenvalue weighted by Crippen LogP contribution is 2.16. The van der Waals surface area contributed by atoms with Gasteiger partial charge in [-0.05, 0) is 32.6 Å². The first-order chi connectivity index (χ1) is 11.0. The lowest BCUT2D eigenvalue weighted by Gasteiger charge is -2.10. The Morgan fingerprint density at radius 1 is 1.00 bits per heavy atom. The van der Waals surface area contributed by atoms with Crippen LogP contribution in [-0.4, -0.2) is 28.1 Å². The summed E-state index contributed by atoms with van der Waals surface area (Å²) in [5.74, 6) is 5.13. The number of hydrogen-bond acceptors (Lipinski definition) is 3. The SMILES string of the molecule is CCCCC[C@H](O)C#CC[C@H](CCCCCCC(=O)O)C(C)=O. The van der Waals surface area contributed by atoms with Crippen LogP contribution < -0.4 is 0 Å². The number of rotatable bonds is 13. The van der Waals surface area contributed by atoms with Gasteiger partial charge in [0.25, 0.3) is 0 Å². The van der Waals surface area contributed by atoms with Gasteiger partial charge in [-0.25, -0.2) is 0 Å². The predicted octanol–water partition coefficient (Wildman–Crippen LogP) is 3.95. The minimum atomic E-state index is -0.751. The molecule has 0 aliphatic rings. The highest BCUT2D eigenvalue weighted by Gasteiger charge is 2.12. The zero-order valence-electron chi connectivity index (χ0n) is 14.6. The zero-order chi connectivity index (χ0) is 17.5. The summed E-state index contributed by atoms with van der Waals surface area (Å²) < 4.78 is 0. The highest BCUT2D eigenvalue weighted by molar-refractivity contribution is 5.78. The lowest BCUT2D eigenvalue weighted by Crippen LogP contribution is -2.10. The molecule has 0 fully saturated rings. The van der Waals surface area contributed by atoms with E-state index in [1.165, 1.54) is 0 Å². The molecule has 0 heterocycles. The van der Waals surface area contributed by atoms with Crippen molar-refractivity contribution < 1.29 is 19.8 Å². The molecule has 132 valence electrons. The minimum absolute atomic E-state index is 0.0650. The molecular weight excluding hydrogens is 292 g/mol. The maximum absolute atomic E-state index is 11.6. The molecule has 2 N–H and O–H groups in total. The lowest BCUT2D eigenvalue weighted by molar-refractivity contribution is -0.137. The predicted molar refractivity (Wildman–Crippen MR) is 92.1 cm³/mol. The fourth-order valence-electron chi connectivity index (χ4n) is 2.43. The quantitative estimate of drug-likeness (QED) is 0.397. The highest BCUT2D eigenvalue weighted by atomic mass is 16.4. The smallest absolute Gasteiger partial charge is 0.303 e. The molecule has 0 saturated heterocycles. The summed E-state index contributed by atoms with van der Waals surface area (Å²) in [4.78, 5) is 22.0. The number of aliphatic hydroxyl groups excluding tert-OH is 1. The maximum Gasteiger partial charge on any atom is 0.303 e. The van der Waals surface area contributed by atoms with Crippen LogP contribution in [0.3, 0.4) is 0 Å². The van der Waals surface area contributed by atoms with Gasteiger partial charge in [-0.15, -0.1) is 0 Å². The van der Waals surface area contributed by atoms with Gasteiger partial charge in [0.2, 0.25) is 0 Å². The van der Waals surface area contributed by atoms with Gasteiger partial charge >= 0.3 is 5.97 Å². The molecule has 4 heteroatoms. The third kappa shape index (κ3) is 14.0. The normalized spacial score (nSPS) is 13.0. The summed E-state index contributed by atoms with van der Waals surface area (Å²) in [5.41, 5.74) is 0. The Bertz CT molecular complexity index is 392. The second-order valence-electron chi connectivity index (χ2n) is 6.19. The molecule has 0 aromatic rings. The molecule has 0 bridgehead atoms. The average molecular weight is 324 g/mol. The molecular formula is C19H32O4. The number of ketones is 1. The zero-order valence-corrected chi connectivity index (χ0v) is 14.6. The molecule has 0 aromatic heterocycles. The molecule has 0 amide bonds. The number of hydrogen-bond donors (Lipinski definition) is 2. The Morgan fingerprint density at radius 2 is 1.65 bits per heavy atom. The summed E-state index contributed by atoms with van der Waals surface area (Å²) in [6.07, 6.45) is 8.32. The molecule has 2 atom stereocenters. The largest absolute Gasteiger partial charge is 0.481 e. The van der Waals surface area contributed by atoms with Crippen LogP contribution in [-0.2, 0) is 9.59 Å². The fraction of sp³-hybridized carbons (Fsp3) is 0.789. The van der Waals surface area contributed by atoms with Crippen LogP contribution in [0.2, 0.25) is 0 Å². The van der Waals surface area contributed by atoms with Gasteiger partial charge in [0.15, 0.2) is 0 Å². The van der Waals surface area contributed by atoms with E-state index < -0.39 is 12.1 Å². The summed E-state index contributed by atoms with van der Waals surface area (Å²) in [7, 11) is 0. The number of aliphatic carboxylic acids is 1. The van der Waals surface area contributed by atoms with Gasteiger partial charge in [0.1, 0.15) is 11.9 Å². The summed E-state index contributed by atoms with van der Waals surface area (Å²) in [6, 6.07) is 0. The molecule has 23 heavy (non-hydrogen) atoms. The second kappa shape index (κ2) is 14.3. The number of carboxylic acids is 1. The molecule has 0 aliphatic heterocycles.